The maximum Gasteiger partial charge on any atom is 0.222 e. The smallest absolute Gasteiger partial charge is 0.222 e. The minimum absolute atomic E-state index is 0.283. The van der Waals surface area contributed by atoms with Crippen LogP contribution in [0.4, 0.5) is 0 Å². The Morgan fingerprint density at radius 1 is 1.11 bits per heavy atom. The lowest BCUT2D eigenvalue weighted by Crippen LogP contribution is -2.61. The first-order valence-electron chi connectivity index (χ1n) is 9.75. The predicted octanol–water partition coefficient (Wildman–Crippen LogP) is 3.79. The lowest BCUT2D eigenvalue weighted by molar-refractivity contribution is -0.146. The number of aromatic nitrogens is 1. The normalized spacial score (nSPS) is 19.1. The van der Waals surface area contributed by atoms with E-state index in [4.69, 9.17) is 11.6 Å². The van der Waals surface area contributed by atoms with Crippen LogP contribution in [0.5, 0.6) is 0 Å². The highest BCUT2D eigenvalue weighted by Gasteiger charge is 2.46. The van der Waals surface area contributed by atoms with Crippen molar-refractivity contribution in [3.05, 3.63) is 64.9 Å². The molecule has 2 fully saturated rings. The molecule has 1 aromatic carbocycles. The Kier molecular flexibility index (Phi) is 5.46. The van der Waals surface area contributed by atoms with Crippen LogP contribution < -0.4 is 0 Å². The van der Waals surface area contributed by atoms with Crippen LogP contribution in [0.25, 0.3) is 0 Å². The van der Waals surface area contributed by atoms with Crippen LogP contribution in [0.15, 0.2) is 48.8 Å². The summed E-state index contributed by atoms with van der Waals surface area (Å²) in [4.78, 5) is 21.1. The van der Waals surface area contributed by atoms with Gasteiger partial charge in [-0.25, -0.2) is 0 Å². The van der Waals surface area contributed by atoms with Crippen molar-refractivity contribution in [1.29, 1.82) is 0 Å². The molecule has 0 saturated carbocycles. The standard InChI is InChI=1S/C22H26ClN3O/c23-20-5-1-3-19(13-20)15-25-11-8-22(9-12-25)16-26(17-22)21(27)7-6-18-4-2-10-24-14-18/h1-5,10,13-14H,6-9,11-12,15-17H2. The zero-order valence-corrected chi connectivity index (χ0v) is 16.4. The number of hydrogen-bond acceptors (Lipinski definition) is 3. The summed E-state index contributed by atoms with van der Waals surface area (Å²) in [6, 6.07) is 12.1. The average molecular weight is 384 g/mol. The first kappa shape index (κ1) is 18.5. The van der Waals surface area contributed by atoms with Crippen LogP contribution in [0.3, 0.4) is 0 Å². The molecule has 3 heterocycles. The first-order chi connectivity index (χ1) is 13.1. The summed E-state index contributed by atoms with van der Waals surface area (Å²) in [5.41, 5.74) is 2.77. The molecule has 4 nitrogen and oxygen atoms in total. The lowest BCUT2D eigenvalue weighted by atomic mass is 9.71. The summed E-state index contributed by atoms with van der Waals surface area (Å²) < 4.78 is 0. The van der Waals surface area contributed by atoms with E-state index in [9.17, 15) is 4.79 Å². The molecule has 1 aromatic heterocycles. The van der Waals surface area contributed by atoms with E-state index in [1.54, 1.807) is 6.20 Å². The van der Waals surface area contributed by atoms with Crippen molar-refractivity contribution in [2.45, 2.75) is 32.2 Å². The van der Waals surface area contributed by atoms with Gasteiger partial charge in [0.15, 0.2) is 0 Å². The van der Waals surface area contributed by atoms with Gasteiger partial charge >= 0.3 is 0 Å². The second kappa shape index (κ2) is 7.99. The molecule has 0 unspecified atom stereocenters. The molecule has 1 spiro atoms. The highest BCUT2D eigenvalue weighted by atomic mass is 35.5. The van der Waals surface area contributed by atoms with Crippen molar-refractivity contribution in [3.63, 3.8) is 0 Å². The van der Waals surface area contributed by atoms with Crippen molar-refractivity contribution < 1.29 is 4.79 Å². The second-order valence-corrected chi connectivity index (χ2v) is 8.45. The molecule has 2 aliphatic heterocycles. The topological polar surface area (TPSA) is 36.4 Å². The summed E-state index contributed by atoms with van der Waals surface area (Å²) in [6.45, 7) is 5.03. The molecule has 0 atom stereocenters. The molecule has 1 amide bonds. The lowest BCUT2D eigenvalue weighted by Gasteiger charge is -2.54. The number of aryl methyl sites for hydroxylation is 1. The monoisotopic (exact) mass is 383 g/mol. The maximum atomic E-state index is 12.4. The first-order valence-corrected chi connectivity index (χ1v) is 10.1. The van der Waals surface area contributed by atoms with E-state index in [1.165, 1.54) is 18.4 Å². The molecule has 2 aliphatic rings. The highest BCUT2D eigenvalue weighted by Crippen LogP contribution is 2.41. The van der Waals surface area contributed by atoms with Crippen LogP contribution in [-0.4, -0.2) is 46.9 Å². The number of pyridine rings is 1. The number of halogens is 1. The zero-order valence-electron chi connectivity index (χ0n) is 15.6. The molecule has 142 valence electrons. The second-order valence-electron chi connectivity index (χ2n) is 8.02. The molecule has 0 N–H and O–H groups in total. The number of rotatable bonds is 5. The third kappa shape index (κ3) is 4.50. The fourth-order valence-electron chi connectivity index (χ4n) is 4.29. The Bertz CT molecular complexity index is 779. The summed E-state index contributed by atoms with van der Waals surface area (Å²) in [5, 5.41) is 0.806. The van der Waals surface area contributed by atoms with E-state index in [2.05, 4.69) is 22.0 Å². The molecule has 2 saturated heterocycles. The molecule has 0 radical (unpaired) electrons. The van der Waals surface area contributed by atoms with E-state index in [0.717, 1.165) is 49.7 Å². The number of carbonyl (C=O) groups is 1. The number of carbonyl (C=O) groups excluding carboxylic acids is 1. The third-order valence-electron chi connectivity index (χ3n) is 5.97. The molecular weight excluding hydrogens is 358 g/mol. The van der Waals surface area contributed by atoms with Crippen molar-refractivity contribution in [2.75, 3.05) is 26.2 Å². The molecule has 0 bridgehead atoms. The van der Waals surface area contributed by atoms with Crippen LogP contribution in [0.1, 0.15) is 30.4 Å². The summed E-state index contributed by atoms with van der Waals surface area (Å²) in [6.07, 6.45) is 7.34. The number of likely N-dealkylation sites (tertiary alicyclic amines) is 2. The minimum Gasteiger partial charge on any atom is -0.341 e. The van der Waals surface area contributed by atoms with Crippen molar-refractivity contribution >= 4 is 17.5 Å². The van der Waals surface area contributed by atoms with Crippen LogP contribution in [-0.2, 0) is 17.8 Å². The number of hydrogen-bond donors (Lipinski definition) is 0. The van der Waals surface area contributed by atoms with Gasteiger partial charge in [-0.1, -0.05) is 29.8 Å². The Labute approximate surface area is 166 Å². The molecule has 27 heavy (non-hydrogen) atoms. The van der Waals surface area contributed by atoms with Gasteiger partial charge in [0.1, 0.15) is 0 Å². The molecule has 0 aliphatic carbocycles. The van der Waals surface area contributed by atoms with Gasteiger partial charge < -0.3 is 4.90 Å². The van der Waals surface area contributed by atoms with Gasteiger partial charge in [-0.05, 0) is 61.7 Å². The van der Waals surface area contributed by atoms with Gasteiger partial charge in [0.25, 0.3) is 0 Å². The minimum atomic E-state index is 0.283. The predicted molar refractivity (Wildman–Crippen MR) is 108 cm³/mol. The third-order valence-corrected chi connectivity index (χ3v) is 6.20. The van der Waals surface area contributed by atoms with E-state index in [-0.39, 0.29) is 5.91 Å². The van der Waals surface area contributed by atoms with Crippen LogP contribution in [0, 0.1) is 5.41 Å². The number of benzene rings is 1. The number of amides is 1. The summed E-state index contributed by atoms with van der Waals surface area (Å²) in [5.74, 6) is 0.283. The Hall–Kier alpha value is -1.91. The quantitative estimate of drug-likeness (QED) is 0.788. The van der Waals surface area contributed by atoms with Crippen molar-refractivity contribution in [1.82, 2.24) is 14.8 Å². The van der Waals surface area contributed by atoms with Gasteiger partial charge in [0.2, 0.25) is 5.91 Å². The Morgan fingerprint density at radius 2 is 1.89 bits per heavy atom. The fraction of sp³-hybridized carbons (Fsp3) is 0.455. The van der Waals surface area contributed by atoms with Crippen molar-refractivity contribution in [3.8, 4) is 0 Å². The maximum absolute atomic E-state index is 12.4. The van der Waals surface area contributed by atoms with Gasteiger partial charge in [-0.15, -0.1) is 0 Å². The SMILES string of the molecule is O=C(CCc1cccnc1)N1CC2(CCN(Cc3cccc(Cl)c3)CC2)C1. The summed E-state index contributed by atoms with van der Waals surface area (Å²) in [7, 11) is 0. The Balaban J connectivity index is 1.21. The molecular formula is C22H26ClN3O. The number of nitrogens with zero attached hydrogens (tertiary/aromatic N) is 3. The van der Waals surface area contributed by atoms with Gasteiger partial charge in [0, 0.05) is 48.9 Å². The van der Waals surface area contributed by atoms with Crippen molar-refractivity contribution in [2.24, 2.45) is 5.41 Å². The van der Waals surface area contributed by atoms with Gasteiger partial charge in [0.05, 0.1) is 0 Å². The molecule has 5 heteroatoms. The average Bonchev–Trinajstić information content (AvgIpc) is 2.66. The van der Waals surface area contributed by atoms with E-state index < -0.39 is 0 Å². The zero-order chi connectivity index (χ0) is 18.7. The van der Waals surface area contributed by atoms with Gasteiger partial charge in [-0.3, -0.25) is 14.7 Å². The Morgan fingerprint density at radius 3 is 2.59 bits per heavy atom. The summed E-state index contributed by atoms with van der Waals surface area (Å²) >= 11 is 6.09. The van der Waals surface area contributed by atoms with E-state index >= 15 is 0 Å². The molecule has 4 rings (SSSR count). The van der Waals surface area contributed by atoms with Crippen LogP contribution in [0.2, 0.25) is 5.02 Å². The van der Waals surface area contributed by atoms with Gasteiger partial charge in [-0.2, -0.15) is 0 Å². The van der Waals surface area contributed by atoms with E-state index in [1.807, 2.05) is 35.4 Å². The molecule has 2 aromatic rings. The number of piperidine rings is 1. The largest absolute Gasteiger partial charge is 0.341 e. The van der Waals surface area contributed by atoms with E-state index in [0.29, 0.717) is 11.8 Å². The van der Waals surface area contributed by atoms with Crippen LogP contribution >= 0.6 is 11.6 Å². The fourth-order valence-corrected chi connectivity index (χ4v) is 4.50. The highest BCUT2D eigenvalue weighted by molar-refractivity contribution is 6.30.